The van der Waals surface area contributed by atoms with E-state index in [2.05, 4.69) is 72.0 Å². The van der Waals surface area contributed by atoms with Gasteiger partial charge in [-0.15, -0.1) is 0 Å². The molecule has 3 nitrogen and oxygen atoms in total. The maximum Gasteiger partial charge on any atom is 0.255 e. The van der Waals surface area contributed by atoms with Crippen molar-refractivity contribution in [3.05, 3.63) is 94.0 Å². The first-order valence-corrected chi connectivity index (χ1v) is 13.0. The number of aromatic hydroxyl groups is 1. The Labute approximate surface area is 216 Å². The molecule has 0 spiro atoms. The summed E-state index contributed by atoms with van der Waals surface area (Å²) in [6, 6.07) is 19.1. The van der Waals surface area contributed by atoms with Crippen molar-refractivity contribution >= 4 is 23.2 Å². The number of hydrogen-bond acceptors (Lipinski definition) is 2. The van der Waals surface area contributed by atoms with Gasteiger partial charge in [0, 0.05) is 11.3 Å². The minimum absolute atomic E-state index is 0.169. The van der Waals surface area contributed by atoms with Crippen LogP contribution in [0.5, 0.6) is 5.75 Å². The van der Waals surface area contributed by atoms with Crippen molar-refractivity contribution in [2.75, 3.05) is 5.32 Å². The lowest BCUT2D eigenvalue weighted by Crippen LogP contribution is -2.34. The maximum atomic E-state index is 12.6. The number of benzene rings is 3. The third-order valence-corrected chi connectivity index (χ3v) is 7.75. The molecule has 1 aliphatic rings. The fourth-order valence-corrected chi connectivity index (χ4v) is 5.26. The maximum absolute atomic E-state index is 12.6. The van der Waals surface area contributed by atoms with E-state index in [-0.39, 0.29) is 22.5 Å². The summed E-state index contributed by atoms with van der Waals surface area (Å²) in [6.45, 7) is 16.3. The number of rotatable bonds is 5. The van der Waals surface area contributed by atoms with Crippen molar-refractivity contribution in [2.45, 2.75) is 78.1 Å². The van der Waals surface area contributed by atoms with Gasteiger partial charge in [-0.1, -0.05) is 71.9 Å². The Balaban J connectivity index is 1.64. The van der Waals surface area contributed by atoms with E-state index in [0.717, 1.165) is 5.56 Å². The number of carbonyl (C=O) groups is 1. The molecule has 0 saturated heterocycles. The molecule has 0 heterocycles. The topological polar surface area (TPSA) is 49.3 Å². The van der Waals surface area contributed by atoms with Gasteiger partial charge < -0.3 is 10.4 Å². The molecule has 4 rings (SSSR count). The summed E-state index contributed by atoms with van der Waals surface area (Å²) in [4.78, 5) is 12.6. The Kier molecular flexibility index (Phi) is 6.88. The van der Waals surface area contributed by atoms with E-state index >= 15 is 0 Å². The molecule has 188 valence electrons. The smallest absolute Gasteiger partial charge is 0.255 e. The van der Waals surface area contributed by atoms with E-state index < -0.39 is 0 Å². The van der Waals surface area contributed by atoms with Gasteiger partial charge in [0.15, 0.2) is 0 Å². The standard InChI is InChI=1S/C33H39NO2/c1-21(2)27-19-29-30(33(6,7)17-16-32(29,4)5)20-28(27)22(3)18-23-8-10-24(11-9-23)31(36)34-25-12-14-26(35)15-13-25/h8-15,18-21,35H,16-17H2,1-7H3,(H,34,36). The molecular formula is C33H39NO2. The second-order valence-electron chi connectivity index (χ2n) is 11.9. The molecule has 0 atom stereocenters. The monoisotopic (exact) mass is 481 g/mol. The Hall–Kier alpha value is -3.33. The molecule has 1 aliphatic carbocycles. The average molecular weight is 482 g/mol. The zero-order valence-electron chi connectivity index (χ0n) is 22.7. The minimum Gasteiger partial charge on any atom is -0.508 e. The number of phenolic OH excluding ortho intramolecular Hbond substituents is 1. The third-order valence-electron chi connectivity index (χ3n) is 7.75. The highest BCUT2D eigenvalue weighted by molar-refractivity contribution is 6.04. The van der Waals surface area contributed by atoms with Crippen LogP contribution in [0.3, 0.4) is 0 Å². The molecule has 0 saturated carbocycles. The van der Waals surface area contributed by atoms with Crippen LogP contribution in [0.25, 0.3) is 11.6 Å². The van der Waals surface area contributed by atoms with Gasteiger partial charge in [-0.25, -0.2) is 0 Å². The van der Waals surface area contributed by atoms with Crippen LogP contribution < -0.4 is 5.32 Å². The summed E-state index contributed by atoms with van der Waals surface area (Å²) < 4.78 is 0. The first-order chi connectivity index (χ1) is 16.9. The minimum atomic E-state index is -0.172. The van der Waals surface area contributed by atoms with Crippen LogP contribution in [-0.4, -0.2) is 11.0 Å². The van der Waals surface area contributed by atoms with Gasteiger partial charge in [-0.05, 0) is 106 Å². The summed E-state index contributed by atoms with van der Waals surface area (Å²) in [5.41, 5.74) is 9.62. The summed E-state index contributed by atoms with van der Waals surface area (Å²) in [5.74, 6) is 0.432. The lowest BCUT2D eigenvalue weighted by atomic mass is 9.62. The summed E-state index contributed by atoms with van der Waals surface area (Å²) in [7, 11) is 0. The summed E-state index contributed by atoms with van der Waals surface area (Å²) >= 11 is 0. The highest BCUT2D eigenvalue weighted by Gasteiger charge is 2.37. The number of nitrogens with one attached hydrogen (secondary N) is 1. The van der Waals surface area contributed by atoms with Gasteiger partial charge in [-0.3, -0.25) is 4.79 Å². The molecule has 0 aromatic heterocycles. The van der Waals surface area contributed by atoms with E-state index in [1.54, 1.807) is 24.3 Å². The predicted molar refractivity (Wildman–Crippen MR) is 152 cm³/mol. The molecule has 0 bridgehead atoms. The van der Waals surface area contributed by atoms with Gasteiger partial charge in [0.25, 0.3) is 5.91 Å². The van der Waals surface area contributed by atoms with Crippen molar-refractivity contribution < 1.29 is 9.90 Å². The lowest BCUT2D eigenvalue weighted by molar-refractivity contribution is 0.102. The van der Waals surface area contributed by atoms with E-state index in [0.29, 0.717) is 17.2 Å². The predicted octanol–water partition coefficient (Wildman–Crippen LogP) is 8.68. The molecule has 3 aromatic carbocycles. The second-order valence-corrected chi connectivity index (χ2v) is 11.9. The number of allylic oxidation sites excluding steroid dienone is 1. The van der Waals surface area contributed by atoms with Gasteiger partial charge in [0.2, 0.25) is 0 Å². The Bertz CT molecular complexity index is 1290. The molecule has 0 radical (unpaired) electrons. The molecule has 0 unspecified atom stereocenters. The van der Waals surface area contributed by atoms with Crippen LogP contribution in [0.4, 0.5) is 5.69 Å². The highest BCUT2D eigenvalue weighted by Crippen LogP contribution is 2.48. The zero-order valence-corrected chi connectivity index (χ0v) is 22.7. The van der Waals surface area contributed by atoms with Crippen LogP contribution >= 0.6 is 0 Å². The molecule has 0 aliphatic heterocycles. The third kappa shape index (κ3) is 5.26. The fourth-order valence-electron chi connectivity index (χ4n) is 5.26. The number of carbonyl (C=O) groups excluding carboxylic acids is 1. The Morgan fingerprint density at radius 2 is 1.44 bits per heavy atom. The number of phenols is 1. The Morgan fingerprint density at radius 3 is 2.00 bits per heavy atom. The normalized spacial score (nSPS) is 16.5. The SMILES string of the molecule is CC(=Cc1ccc(C(=O)Nc2ccc(O)cc2)cc1)c1cc2c(cc1C(C)C)C(C)(C)CCC2(C)C. The van der Waals surface area contributed by atoms with Crippen LogP contribution in [0, 0.1) is 0 Å². The molecule has 1 amide bonds. The summed E-state index contributed by atoms with van der Waals surface area (Å²) in [6.07, 6.45) is 4.63. The number of fused-ring (bicyclic) bond motifs is 1. The van der Waals surface area contributed by atoms with E-state index in [9.17, 15) is 9.90 Å². The highest BCUT2D eigenvalue weighted by atomic mass is 16.3. The van der Waals surface area contributed by atoms with Gasteiger partial charge in [0.1, 0.15) is 5.75 Å². The summed E-state index contributed by atoms with van der Waals surface area (Å²) in [5, 5.41) is 12.3. The van der Waals surface area contributed by atoms with Crippen LogP contribution in [0.2, 0.25) is 0 Å². The number of anilines is 1. The number of amides is 1. The number of hydrogen-bond donors (Lipinski definition) is 2. The molecule has 2 N–H and O–H groups in total. The Morgan fingerprint density at radius 1 is 0.889 bits per heavy atom. The van der Waals surface area contributed by atoms with E-state index in [4.69, 9.17) is 0 Å². The van der Waals surface area contributed by atoms with Gasteiger partial charge in [-0.2, -0.15) is 0 Å². The van der Waals surface area contributed by atoms with Gasteiger partial charge in [0.05, 0.1) is 0 Å². The molecule has 3 heteroatoms. The fraction of sp³-hybridized carbons (Fsp3) is 0.364. The van der Waals surface area contributed by atoms with Crippen molar-refractivity contribution in [2.24, 2.45) is 0 Å². The average Bonchev–Trinajstić information content (AvgIpc) is 2.83. The quantitative estimate of drug-likeness (QED) is 0.283. The second kappa shape index (κ2) is 9.61. The van der Waals surface area contributed by atoms with Crippen molar-refractivity contribution in [3.63, 3.8) is 0 Å². The lowest BCUT2D eigenvalue weighted by Gasteiger charge is -2.43. The van der Waals surface area contributed by atoms with Crippen LogP contribution in [0.1, 0.15) is 105 Å². The van der Waals surface area contributed by atoms with Crippen molar-refractivity contribution in [1.82, 2.24) is 0 Å². The molecular weight excluding hydrogens is 442 g/mol. The van der Waals surface area contributed by atoms with Crippen LogP contribution in [0.15, 0.2) is 60.7 Å². The van der Waals surface area contributed by atoms with Crippen LogP contribution in [-0.2, 0) is 10.8 Å². The van der Waals surface area contributed by atoms with Crippen molar-refractivity contribution in [1.29, 1.82) is 0 Å². The van der Waals surface area contributed by atoms with Crippen molar-refractivity contribution in [3.8, 4) is 5.75 Å². The first kappa shape index (κ1) is 25.8. The van der Waals surface area contributed by atoms with E-state index in [1.807, 2.05) is 24.3 Å². The molecule has 36 heavy (non-hydrogen) atoms. The van der Waals surface area contributed by atoms with Gasteiger partial charge >= 0.3 is 0 Å². The zero-order chi connectivity index (χ0) is 26.3. The molecule has 3 aromatic rings. The molecule has 0 fully saturated rings. The first-order valence-electron chi connectivity index (χ1n) is 13.0. The largest absolute Gasteiger partial charge is 0.508 e. The van der Waals surface area contributed by atoms with E-state index in [1.165, 1.54) is 40.7 Å².